The van der Waals surface area contributed by atoms with E-state index in [0.29, 0.717) is 19.5 Å². The standard InChI is InChI=1S/C14H20FN3O/c1-10-9-18(12-5-3-4-11(15)8-12)13(6-7-16)14(19)17(10)2/h3-5,8,10,13H,6-7,9,16H2,1-2H3. The number of nitrogens with zero attached hydrogens (tertiary/aromatic N) is 2. The lowest BCUT2D eigenvalue weighted by atomic mass is 10.0. The molecule has 2 rings (SSSR count). The molecule has 1 aromatic rings. The second kappa shape index (κ2) is 5.57. The van der Waals surface area contributed by atoms with E-state index in [0.717, 1.165) is 5.69 Å². The van der Waals surface area contributed by atoms with Crippen molar-refractivity contribution in [1.82, 2.24) is 4.90 Å². The van der Waals surface area contributed by atoms with Gasteiger partial charge in [-0.25, -0.2) is 4.39 Å². The van der Waals surface area contributed by atoms with Crippen molar-refractivity contribution < 1.29 is 9.18 Å². The second-order valence-corrected chi connectivity index (χ2v) is 5.02. The maximum atomic E-state index is 13.4. The molecule has 1 fully saturated rings. The van der Waals surface area contributed by atoms with Gasteiger partial charge >= 0.3 is 0 Å². The van der Waals surface area contributed by atoms with Gasteiger partial charge in [-0.1, -0.05) is 6.07 Å². The number of carbonyl (C=O) groups excluding carboxylic acids is 1. The Morgan fingerprint density at radius 1 is 1.47 bits per heavy atom. The monoisotopic (exact) mass is 265 g/mol. The van der Waals surface area contributed by atoms with Gasteiger partial charge in [0.25, 0.3) is 0 Å². The number of hydrogen-bond donors (Lipinski definition) is 1. The van der Waals surface area contributed by atoms with Crippen molar-refractivity contribution in [3.63, 3.8) is 0 Å². The first-order valence-corrected chi connectivity index (χ1v) is 6.53. The SMILES string of the molecule is CC1CN(c2cccc(F)c2)C(CCN)C(=O)N1C. The van der Waals surface area contributed by atoms with Gasteiger partial charge in [0.15, 0.2) is 0 Å². The Morgan fingerprint density at radius 2 is 2.21 bits per heavy atom. The van der Waals surface area contributed by atoms with Crippen LogP contribution in [0.4, 0.5) is 10.1 Å². The van der Waals surface area contributed by atoms with Crippen molar-refractivity contribution in [1.29, 1.82) is 0 Å². The molecule has 1 amide bonds. The fourth-order valence-electron chi connectivity index (χ4n) is 2.50. The van der Waals surface area contributed by atoms with Crippen LogP contribution >= 0.6 is 0 Å². The van der Waals surface area contributed by atoms with Crippen molar-refractivity contribution in [3.8, 4) is 0 Å². The average molecular weight is 265 g/mol. The van der Waals surface area contributed by atoms with E-state index >= 15 is 0 Å². The summed E-state index contributed by atoms with van der Waals surface area (Å²) in [4.78, 5) is 16.0. The molecular formula is C14H20FN3O. The zero-order valence-electron chi connectivity index (χ0n) is 11.3. The summed E-state index contributed by atoms with van der Waals surface area (Å²) in [7, 11) is 1.80. The molecule has 1 aromatic carbocycles. The van der Waals surface area contributed by atoms with E-state index in [1.54, 1.807) is 18.0 Å². The zero-order chi connectivity index (χ0) is 14.0. The highest BCUT2D eigenvalue weighted by Crippen LogP contribution is 2.25. The molecule has 2 N–H and O–H groups in total. The topological polar surface area (TPSA) is 49.6 Å². The minimum Gasteiger partial charge on any atom is -0.357 e. The van der Waals surface area contributed by atoms with Gasteiger partial charge in [0.1, 0.15) is 11.9 Å². The summed E-state index contributed by atoms with van der Waals surface area (Å²) in [6.45, 7) is 3.11. The molecule has 2 atom stereocenters. The molecule has 0 radical (unpaired) electrons. The van der Waals surface area contributed by atoms with Gasteiger partial charge in [0, 0.05) is 25.3 Å². The molecule has 0 aromatic heterocycles. The van der Waals surface area contributed by atoms with Crippen LogP contribution in [0.5, 0.6) is 0 Å². The smallest absolute Gasteiger partial charge is 0.245 e. The maximum absolute atomic E-state index is 13.4. The van der Waals surface area contributed by atoms with Crippen molar-refractivity contribution >= 4 is 11.6 Å². The van der Waals surface area contributed by atoms with Crippen molar-refractivity contribution in [2.24, 2.45) is 5.73 Å². The molecule has 19 heavy (non-hydrogen) atoms. The van der Waals surface area contributed by atoms with Gasteiger partial charge in [0.2, 0.25) is 5.91 Å². The van der Waals surface area contributed by atoms with Crippen LogP contribution in [0, 0.1) is 5.82 Å². The van der Waals surface area contributed by atoms with Gasteiger partial charge in [0.05, 0.1) is 0 Å². The van der Waals surface area contributed by atoms with Crippen LogP contribution in [0.1, 0.15) is 13.3 Å². The van der Waals surface area contributed by atoms with E-state index < -0.39 is 0 Å². The first-order valence-electron chi connectivity index (χ1n) is 6.53. The van der Waals surface area contributed by atoms with Crippen LogP contribution in [0.25, 0.3) is 0 Å². The zero-order valence-corrected chi connectivity index (χ0v) is 11.3. The Labute approximate surface area is 113 Å². The first kappa shape index (κ1) is 13.8. The summed E-state index contributed by atoms with van der Waals surface area (Å²) >= 11 is 0. The van der Waals surface area contributed by atoms with E-state index in [9.17, 15) is 9.18 Å². The minimum atomic E-state index is -0.298. The van der Waals surface area contributed by atoms with Crippen LogP contribution in [-0.4, -0.2) is 43.0 Å². The Hall–Kier alpha value is -1.62. The quantitative estimate of drug-likeness (QED) is 0.893. The number of nitrogens with two attached hydrogens (primary N) is 1. The van der Waals surface area contributed by atoms with E-state index in [1.165, 1.54) is 12.1 Å². The fraction of sp³-hybridized carbons (Fsp3) is 0.500. The molecule has 1 aliphatic heterocycles. The number of amides is 1. The third kappa shape index (κ3) is 2.71. The number of benzene rings is 1. The van der Waals surface area contributed by atoms with Gasteiger partial charge < -0.3 is 15.5 Å². The number of rotatable bonds is 3. The Balaban J connectivity index is 2.32. The summed E-state index contributed by atoms with van der Waals surface area (Å²) in [6.07, 6.45) is 0.576. The molecular weight excluding hydrogens is 245 g/mol. The van der Waals surface area contributed by atoms with Crippen LogP contribution in [-0.2, 0) is 4.79 Å². The number of piperazine rings is 1. The number of carbonyl (C=O) groups is 1. The van der Waals surface area contributed by atoms with E-state index in [2.05, 4.69) is 0 Å². The highest BCUT2D eigenvalue weighted by molar-refractivity contribution is 5.86. The molecule has 4 nitrogen and oxygen atoms in total. The first-order chi connectivity index (χ1) is 9.04. The summed E-state index contributed by atoms with van der Waals surface area (Å²) in [5.74, 6) is -0.239. The molecule has 1 saturated heterocycles. The third-order valence-electron chi connectivity index (χ3n) is 3.71. The predicted octanol–water partition coefficient (Wildman–Crippen LogP) is 1.21. The number of halogens is 1. The van der Waals surface area contributed by atoms with E-state index in [1.807, 2.05) is 17.9 Å². The van der Waals surface area contributed by atoms with E-state index in [-0.39, 0.29) is 23.8 Å². The average Bonchev–Trinajstić information content (AvgIpc) is 2.39. The summed E-state index contributed by atoms with van der Waals surface area (Å²) < 4.78 is 13.4. The molecule has 2 unspecified atom stereocenters. The van der Waals surface area contributed by atoms with Crippen molar-refractivity contribution in [2.45, 2.75) is 25.4 Å². The van der Waals surface area contributed by atoms with Crippen LogP contribution in [0.3, 0.4) is 0 Å². The molecule has 1 aliphatic rings. The summed E-state index contributed by atoms with van der Waals surface area (Å²) in [5.41, 5.74) is 6.34. The third-order valence-corrected chi connectivity index (χ3v) is 3.71. The molecule has 0 aliphatic carbocycles. The van der Waals surface area contributed by atoms with Gasteiger partial charge in [-0.3, -0.25) is 4.79 Å². The normalized spacial score (nSPS) is 23.9. The van der Waals surface area contributed by atoms with Crippen LogP contribution < -0.4 is 10.6 Å². The number of anilines is 1. The molecule has 0 saturated carbocycles. The lowest BCUT2D eigenvalue weighted by Gasteiger charge is -2.44. The van der Waals surface area contributed by atoms with Gasteiger partial charge in [-0.05, 0) is 38.1 Å². The largest absolute Gasteiger partial charge is 0.357 e. The summed E-state index contributed by atoms with van der Waals surface area (Å²) in [6, 6.07) is 6.17. The van der Waals surface area contributed by atoms with Crippen molar-refractivity contribution in [3.05, 3.63) is 30.1 Å². The molecule has 5 heteroatoms. The van der Waals surface area contributed by atoms with E-state index in [4.69, 9.17) is 5.73 Å². The lowest BCUT2D eigenvalue weighted by Crippen LogP contribution is -2.60. The fourth-order valence-corrected chi connectivity index (χ4v) is 2.50. The second-order valence-electron chi connectivity index (χ2n) is 5.02. The Morgan fingerprint density at radius 3 is 2.84 bits per heavy atom. The molecule has 0 spiro atoms. The lowest BCUT2D eigenvalue weighted by molar-refractivity contribution is -0.135. The minimum absolute atomic E-state index is 0.0495. The highest BCUT2D eigenvalue weighted by Gasteiger charge is 2.36. The van der Waals surface area contributed by atoms with Crippen LogP contribution in [0.2, 0.25) is 0 Å². The van der Waals surface area contributed by atoms with Crippen LogP contribution in [0.15, 0.2) is 24.3 Å². The number of hydrogen-bond acceptors (Lipinski definition) is 3. The van der Waals surface area contributed by atoms with Gasteiger partial charge in [-0.15, -0.1) is 0 Å². The molecule has 1 heterocycles. The predicted molar refractivity (Wildman–Crippen MR) is 73.4 cm³/mol. The Kier molecular flexibility index (Phi) is 4.04. The highest BCUT2D eigenvalue weighted by atomic mass is 19.1. The Bertz CT molecular complexity index is 466. The van der Waals surface area contributed by atoms with Gasteiger partial charge in [-0.2, -0.15) is 0 Å². The number of likely N-dealkylation sites (N-methyl/N-ethyl adjacent to an activating group) is 1. The van der Waals surface area contributed by atoms with Crippen molar-refractivity contribution in [2.75, 3.05) is 25.0 Å². The maximum Gasteiger partial charge on any atom is 0.245 e. The molecule has 0 bridgehead atoms. The molecule has 104 valence electrons. The summed E-state index contributed by atoms with van der Waals surface area (Å²) in [5, 5.41) is 0.